The van der Waals surface area contributed by atoms with Crippen molar-refractivity contribution in [3.05, 3.63) is 34.4 Å². The zero-order valence-corrected chi connectivity index (χ0v) is 11.8. The summed E-state index contributed by atoms with van der Waals surface area (Å²) in [5.41, 5.74) is -0.588. The highest BCUT2D eigenvalue weighted by Gasteiger charge is 2.25. The van der Waals surface area contributed by atoms with Crippen LogP contribution in [0.1, 0.15) is 26.2 Å². The maximum absolute atomic E-state index is 10.8. The summed E-state index contributed by atoms with van der Waals surface area (Å²) in [5, 5.41) is 23.0. The smallest absolute Gasteiger partial charge is 0.310 e. The van der Waals surface area contributed by atoms with Gasteiger partial charge in [0.05, 0.1) is 17.6 Å². The lowest BCUT2D eigenvalue weighted by atomic mass is 9.92. The molecule has 0 aliphatic carbocycles. The second-order valence-corrected chi connectivity index (χ2v) is 4.47. The molecule has 20 heavy (non-hydrogen) atoms. The molecule has 1 N–H and O–H groups in total. The molecule has 0 fully saturated rings. The fraction of sp³-hybridized carbons (Fsp3) is 0.500. The van der Waals surface area contributed by atoms with Gasteiger partial charge in [-0.3, -0.25) is 10.1 Å². The van der Waals surface area contributed by atoms with Crippen molar-refractivity contribution in [3.63, 3.8) is 0 Å². The quantitative estimate of drug-likeness (QED) is 0.448. The third kappa shape index (κ3) is 3.93. The van der Waals surface area contributed by atoms with Crippen molar-refractivity contribution in [3.8, 4) is 11.8 Å². The molecular weight excluding hydrogens is 258 g/mol. The van der Waals surface area contributed by atoms with Gasteiger partial charge in [0.1, 0.15) is 5.54 Å². The first-order chi connectivity index (χ1) is 9.58. The second kappa shape index (κ2) is 7.46. The summed E-state index contributed by atoms with van der Waals surface area (Å²) in [4.78, 5) is 10.4. The van der Waals surface area contributed by atoms with Gasteiger partial charge in [-0.1, -0.05) is 19.1 Å². The molecule has 1 aromatic rings. The van der Waals surface area contributed by atoms with Gasteiger partial charge in [0, 0.05) is 6.07 Å². The van der Waals surface area contributed by atoms with Crippen LogP contribution in [0, 0.1) is 21.4 Å². The number of rotatable bonds is 8. The van der Waals surface area contributed by atoms with Gasteiger partial charge in [0.25, 0.3) is 0 Å². The zero-order valence-electron chi connectivity index (χ0n) is 11.8. The second-order valence-electron chi connectivity index (χ2n) is 4.47. The summed E-state index contributed by atoms with van der Waals surface area (Å²) in [6.07, 6.45) is 1.98. The van der Waals surface area contributed by atoms with Crippen molar-refractivity contribution in [1.82, 2.24) is 5.32 Å². The lowest BCUT2D eigenvalue weighted by Crippen LogP contribution is -2.41. The molecule has 1 unspecified atom stereocenters. The average Bonchev–Trinajstić information content (AvgIpc) is 2.48. The van der Waals surface area contributed by atoms with Crippen molar-refractivity contribution in [2.45, 2.75) is 31.7 Å². The Labute approximate surface area is 118 Å². The Balaban J connectivity index is 2.54. The molecule has 1 rings (SSSR count). The Morgan fingerprint density at radius 3 is 2.75 bits per heavy atom. The van der Waals surface area contributed by atoms with Crippen LogP contribution in [0.15, 0.2) is 24.3 Å². The standard InChI is InChI=1S/C14H19N3O3/c1-3-14(11-15,16-2)9-6-10-20-13-8-5-4-7-12(13)17(18)19/h4-5,7-8,16H,3,6,9-10H2,1-2H3. The molecule has 0 saturated carbocycles. The van der Waals surface area contributed by atoms with E-state index < -0.39 is 10.5 Å². The molecule has 1 atom stereocenters. The molecule has 6 heteroatoms. The lowest BCUT2D eigenvalue weighted by Gasteiger charge is -2.24. The minimum Gasteiger partial charge on any atom is -0.487 e. The van der Waals surface area contributed by atoms with E-state index in [0.29, 0.717) is 25.9 Å². The molecule has 0 heterocycles. The van der Waals surface area contributed by atoms with E-state index in [1.807, 2.05) is 6.92 Å². The van der Waals surface area contributed by atoms with Crippen LogP contribution in [0.4, 0.5) is 5.69 Å². The van der Waals surface area contributed by atoms with E-state index in [2.05, 4.69) is 11.4 Å². The topological polar surface area (TPSA) is 88.2 Å². The molecule has 108 valence electrons. The summed E-state index contributed by atoms with van der Waals surface area (Å²) < 4.78 is 5.45. The summed E-state index contributed by atoms with van der Waals surface area (Å²) in [7, 11) is 1.76. The SMILES string of the molecule is CCC(C#N)(CCCOc1ccccc1[N+](=O)[O-])NC. The molecule has 0 aromatic heterocycles. The van der Waals surface area contributed by atoms with Crippen LogP contribution >= 0.6 is 0 Å². The molecule has 0 saturated heterocycles. The van der Waals surface area contributed by atoms with E-state index in [1.54, 1.807) is 25.2 Å². The Bertz CT molecular complexity index is 493. The maximum Gasteiger partial charge on any atom is 0.310 e. The highest BCUT2D eigenvalue weighted by atomic mass is 16.6. The number of nitriles is 1. The number of nitro benzene ring substituents is 1. The molecule has 0 amide bonds. The van der Waals surface area contributed by atoms with Gasteiger partial charge in [0.15, 0.2) is 5.75 Å². The molecule has 0 radical (unpaired) electrons. The van der Waals surface area contributed by atoms with Crippen LogP contribution in [0.3, 0.4) is 0 Å². The van der Waals surface area contributed by atoms with E-state index in [-0.39, 0.29) is 11.4 Å². The molecule has 0 aliphatic rings. The molecule has 0 spiro atoms. The number of nitro groups is 1. The van der Waals surface area contributed by atoms with Crippen LogP contribution in [0.25, 0.3) is 0 Å². The molecular formula is C14H19N3O3. The van der Waals surface area contributed by atoms with Gasteiger partial charge < -0.3 is 10.1 Å². The maximum atomic E-state index is 10.8. The summed E-state index contributed by atoms with van der Waals surface area (Å²) in [5.74, 6) is 0.265. The van der Waals surface area contributed by atoms with Crippen molar-refractivity contribution in [2.75, 3.05) is 13.7 Å². The lowest BCUT2D eigenvalue weighted by molar-refractivity contribution is -0.385. The summed E-state index contributed by atoms with van der Waals surface area (Å²) in [6, 6.07) is 8.55. The van der Waals surface area contributed by atoms with Gasteiger partial charge in [-0.25, -0.2) is 0 Å². The monoisotopic (exact) mass is 277 g/mol. The van der Waals surface area contributed by atoms with Crippen molar-refractivity contribution < 1.29 is 9.66 Å². The van der Waals surface area contributed by atoms with E-state index in [4.69, 9.17) is 10.00 Å². The first kappa shape index (κ1) is 15.9. The Kier molecular flexibility index (Phi) is 5.94. The third-order valence-corrected chi connectivity index (χ3v) is 3.36. The Morgan fingerprint density at radius 1 is 1.50 bits per heavy atom. The largest absolute Gasteiger partial charge is 0.487 e. The molecule has 6 nitrogen and oxygen atoms in total. The average molecular weight is 277 g/mol. The van der Waals surface area contributed by atoms with Gasteiger partial charge in [-0.15, -0.1) is 0 Å². The number of ether oxygens (including phenoxy) is 1. The van der Waals surface area contributed by atoms with Gasteiger partial charge in [-0.05, 0) is 32.4 Å². The summed E-state index contributed by atoms with van der Waals surface area (Å²) in [6.45, 7) is 2.29. The minimum atomic E-state index is -0.550. The first-order valence-corrected chi connectivity index (χ1v) is 6.55. The number of para-hydroxylation sites is 2. The Morgan fingerprint density at radius 2 is 2.20 bits per heavy atom. The van der Waals surface area contributed by atoms with Crippen LogP contribution in [0.2, 0.25) is 0 Å². The molecule has 1 aromatic carbocycles. The van der Waals surface area contributed by atoms with Crippen LogP contribution in [0.5, 0.6) is 5.75 Å². The minimum absolute atomic E-state index is 0.0387. The molecule has 0 bridgehead atoms. The van der Waals surface area contributed by atoms with Gasteiger partial charge >= 0.3 is 5.69 Å². The highest BCUT2D eigenvalue weighted by molar-refractivity contribution is 5.45. The van der Waals surface area contributed by atoms with Crippen molar-refractivity contribution in [1.29, 1.82) is 5.26 Å². The fourth-order valence-electron chi connectivity index (χ4n) is 1.96. The number of benzene rings is 1. The van der Waals surface area contributed by atoms with Crippen molar-refractivity contribution in [2.24, 2.45) is 0 Å². The van der Waals surface area contributed by atoms with E-state index in [9.17, 15) is 10.1 Å². The number of hydrogen-bond donors (Lipinski definition) is 1. The number of nitrogens with zero attached hydrogens (tertiary/aromatic N) is 2. The van der Waals surface area contributed by atoms with Crippen molar-refractivity contribution >= 4 is 5.69 Å². The first-order valence-electron chi connectivity index (χ1n) is 6.55. The van der Waals surface area contributed by atoms with Crippen LogP contribution in [-0.2, 0) is 0 Å². The predicted octanol–water partition coefficient (Wildman–Crippen LogP) is 2.65. The van der Waals surface area contributed by atoms with Crippen LogP contribution < -0.4 is 10.1 Å². The number of hydrogen-bond acceptors (Lipinski definition) is 5. The van der Waals surface area contributed by atoms with Crippen LogP contribution in [-0.4, -0.2) is 24.1 Å². The fourth-order valence-corrected chi connectivity index (χ4v) is 1.96. The highest BCUT2D eigenvalue weighted by Crippen LogP contribution is 2.26. The number of nitrogens with one attached hydrogen (secondary N) is 1. The van der Waals surface area contributed by atoms with E-state index in [0.717, 1.165) is 0 Å². The molecule has 0 aliphatic heterocycles. The zero-order chi connectivity index (χ0) is 15.0. The van der Waals surface area contributed by atoms with Gasteiger partial charge in [-0.2, -0.15) is 5.26 Å². The van der Waals surface area contributed by atoms with Gasteiger partial charge in [0.2, 0.25) is 0 Å². The summed E-state index contributed by atoms with van der Waals surface area (Å²) >= 11 is 0. The Hall–Kier alpha value is -2.13. The predicted molar refractivity (Wildman–Crippen MR) is 75.5 cm³/mol. The van der Waals surface area contributed by atoms with E-state index in [1.165, 1.54) is 6.07 Å². The third-order valence-electron chi connectivity index (χ3n) is 3.36. The van der Waals surface area contributed by atoms with E-state index >= 15 is 0 Å². The normalized spacial score (nSPS) is 13.2.